The highest BCUT2D eigenvalue weighted by Gasteiger charge is 2.08. The molecule has 24 heavy (non-hydrogen) atoms. The quantitative estimate of drug-likeness (QED) is 0.794. The Labute approximate surface area is 147 Å². The summed E-state index contributed by atoms with van der Waals surface area (Å²) >= 11 is 6.11. The number of carbonyl (C=O) groups is 1. The van der Waals surface area contributed by atoms with Gasteiger partial charge in [-0.05, 0) is 49.6 Å². The summed E-state index contributed by atoms with van der Waals surface area (Å²) in [5, 5.41) is 3.60. The summed E-state index contributed by atoms with van der Waals surface area (Å²) in [6, 6.07) is 11.2. The number of nitrogens with one attached hydrogen (secondary N) is 1. The van der Waals surface area contributed by atoms with Gasteiger partial charge in [-0.1, -0.05) is 23.7 Å². The fourth-order valence-electron chi connectivity index (χ4n) is 2.29. The molecule has 0 saturated heterocycles. The monoisotopic (exact) mass is 347 g/mol. The van der Waals surface area contributed by atoms with E-state index < -0.39 is 0 Å². The first-order chi connectivity index (χ1) is 11.5. The van der Waals surface area contributed by atoms with Crippen molar-refractivity contribution in [2.24, 2.45) is 0 Å². The summed E-state index contributed by atoms with van der Waals surface area (Å²) in [7, 11) is 1.57. The van der Waals surface area contributed by atoms with Crippen molar-refractivity contribution in [3.8, 4) is 11.5 Å². The Morgan fingerprint density at radius 3 is 2.62 bits per heavy atom. The number of hydrogen-bond donors (Lipinski definition) is 1. The molecule has 0 aliphatic heterocycles. The van der Waals surface area contributed by atoms with Crippen LogP contribution in [0.2, 0.25) is 5.02 Å². The number of carbonyl (C=O) groups excluding carboxylic acids is 1. The molecule has 0 atom stereocenters. The predicted octanol–water partition coefficient (Wildman–Crippen LogP) is 4.63. The molecule has 1 N–H and O–H groups in total. The van der Waals surface area contributed by atoms with Crippen LogP contribution in [0.3, 0.4) is 0 Å². The van der Waals surface area contributed by atoms with Gasteiger partial charge < -0.3 is 14.8 Å². The molecule has 0 bridgehead atoms. The minimum absolute atomic E-state index is 0.0575. The van der Waals surface area contributed by atoms with Crippen LogP contribution in [-0.2, 0) is 11.2 Å². The number of ether oxygens (including phenoxy) is 2. The third kappa shape index (κ3) is 4.90. The molecule has 0 fully saturated rings. The Morgan fingerprint density at radius 1 is 1.17 bits per heavy atom. The first-order valence-electron chi connectivity index (χ1n) is 7.89. The summed E-state index contributed by atoms with van der Waals surface area (Å²) in [5.41, 5.74) is 2.76. The van der Waals surface area contributed by atoms with E-state index in [0.717, 1.165) is 16.1 Å². The van der Waals surface area contributed by atoms with Gasteiger partial charge in [0.25, 0.3) is 0 Å². The molecule has 0 radical (unpaired) electrons. The van der Waals surface area contributed by atoms with Crippen LogP contribution in [0.5, 0.6) is 11.5 Å². The van der Waals surface area contributed by atoms with Crippen LogP contribution in [-0.4, -0.2) is 19.6 Å². The van der Waals surface area contributed by atoms with Crippen molar-refractivity contribution in [3.05, 3.63) is 52.5 Å². The van der Waals surface area contributed by atoms with Gasteiger partial charge in [-0.3, -0.25) is 4.79 Å². The third-order valence-corrected chi connectivity index (χ3v) is 4.03. The van der Waals surface area contributed by atoms with Crippen LogP contribution in [0.4, 0.5) is 5.69 Å². The fourth-order valence-corrected chi connectivity index (χ4v) is 2.50. The van der Waals surface area contributed by atoms with E-state index in [1.165, 1.54) is 0 Å². The Bertz CT molecular complexity index is 716. The lowest BCUT2D eigenvalue weighted by atomic mass is 10.1. The van der Waals surface area contributed by atoms with Crippen LogP contribution in [0.25, 0.3) is 0 Å². The molecular weight excluding hydrogens is 326 g/mol. The second kappa shape index (κ2) is 8.60. The molecule has 0 aliphatic carbocycles. The molecule has 2 aromatic rings. The Morgan fingerprint density at radius 2 is 1.96 bits per heavy atom. The highest BCUT2D eigenvalue weighted by Crippen LogP contribution is 2.30. The van der Waals surface area contributed by atoms with Gasteiger partial charge in [-0.2, -0.15) is 0 Å². The molecule has 0 unspecified atom stereocenters. The third-order valence-electron chi connectivity index (χ3n) is 3.62. The summed E-state index contributed by atoms with van der Waals surface area (Å²) < 4.78 is 10.7. The zero-order chi connectivity index (χ0) is 17.5. The van der Waals surface area contributed by atoms with Gasteiger partial charge in [-0.15, -0.1) is 0 Å². The average molecular weight is 348 g/mol. The average Bonchev–Trinajstić information content (AvgIpc) is 2.57. The molecule has 5 heteroatoms. The summed E-state index contributed by atoms with van der Waals surface area (Å²) in [4.78, 5) is 12.1. The zero-order valence-corrected chi connectivity index (χ0v) is 14.9. The van der Waals surface area contributed by atoms with E-state index in [4.69, 9.17) is 21.1 Å². The zero-order valence-electron chi connectivity index (χ0n) is 14.2. The lowest BCUT2D eigenvalue weighted by molar-refractivity contribution is -0.116. The first kappa shape index (κ1) is 18.1. The van der Waals surface area contributed by atoms with Crippen molar-refractivity contribution in [1.82, 2.24) is 0 Å². The van der Waals surface area contributed by atoms with Crippen molar-refractivity contribution < 1.29 is 14.3 Å². The molecule has 0 aliphatic rings. The van der Waals surface area contributed by atoms with Gasteiger partial charge in [0, 0.05) is 23.2 Å². The topological polar surface area (TPSA) is 47.6 Å². The Kier molecular flexibility index (Phi) is 6.50. The van der Waals surface area contributed by atoms with Gasteiger partial charge in [0.1, 0.15) is 0 Å². The molecule has 0 aromatic heterocycles. The molecular formula is C19H22ClNO3. The van der Waals surface area contributed by atoms with Gasteiger partial charge >= 0.3 is 0 Å². The maximum atomic E-state index is 12.1. The maximum absolute atomic E-state index is 12.1. The second-order valence-electron chi connectivity index (χ2n) is 5.43. The number of anilines is 1. The normalized spacial score (nSPS) is 10.3. The van der Waals surface area contributed by atoms with E-state index in [1.54, 1.807) is 25.3 Å². The molecule has 2 rings (SSSR count). The van der Waals surface area contributed by atoms with Crippen LogP contribution in [0, 0.1) is 6.92 Å². The Balaban J connectivity index is 1.95. The minimum Gasteiger partial charge on any atom is -0.493 e. The Hall–Kier alpha value is -2.20. The van der Waals surface area contributed by atoms with Gasteiger partial charge in [-0.25, -0.2) is 0 Å². The van der Waals surface area contributed by atoms with E-state index in [1.807, 2.05) is 32.0 Å². The fraction of sp³-hybridized carbons (Fsp3) is 0.316. The van der Waals surface area contributed by atoms with Crippen LogP contribution in [0.1, 0.15) is 24.5 Å². The number of benzene rings is 2. The van der Waals surface area contributed by atoms with Crippen molar-refractivity contribution in [2.45, 2.75) is 26.7 Å². The first-order valence-corrected chi connectivity index (χ1v) is 8.27. The molecule has 128 valence electrons. The number of methoxy groups -OCH3 is 1. The van der Waals surface area contributed by atoms with Crippen molar-refractivity contribution in [3.63, 3.8) is 0 Å². The van der Waals surface area contributed by atoms with Crippen molar-refractivity contribution >= 4 is 23.2 Å². The minimum atomic E-state index is -0.0575. The molecule has 0 saturated carbocycles. The van der Waals surface area contributed by atoms with E-state index in [-0.39, 0.29) is 5.91 Å². The number of rotatable bonds is 7. The van der Waals surface area contributed by atoms with E-state index in [2.05, 4.69) is 5.32 Å². The largest absolute Gasteiger partial charge is 0.493 e. The van der Waals surface area contributed by atoms with Gasteiger partial charge in [0.15, 0.2) is 11.5 Å². The second-order valence-corrected chi connectivity index (χ2v) is 5.84. The van der Waals surface area contributed by atoms with Crippen molar-refractivity contribution in [1.29, 1.82) is 0 Å². The van der Waals surface area contributed by atoms with E-state index in [9.17, 15) is 4.79 Å². The van der Waals surface area contributed by atoms with Crippen LogP contribution < -0.4 is 14.8 Å². The SMILES string of the molecule is CCOc1ccc(NC(=O)CCc2ccc(C)c(Cl)c2)cc1OC. The number of hydrogen-bond acceptors (Lipinski definition) is 3. The van der Waals surface area contributed by atoms with E-state index in [0.29, 0.717) is 36.6 Å². The lowest BCUT2D eigenvalue weighted by Gasteiger charge is -2.12. The van der Waals surface area contributed by atoms with E-state index >= 15 is 0 Å². The van der Waals surface area contributed by atoms with Gasteiger partial charge in [0.2, 0.25) is 5.91 Å². The maximum Gasteiger partial charge on any atom is 0.224 e. The van der Waals surface area contributed by atoms with Gasteiger partial charge in [0.05, 0.1) is 13.7 Å². The summed E-state index contributed by atoms with van der Waals surface area (Å²) in [5.74, 6) is 1.20. The molecule has 2 aromatic carbocycles. The highest BCUT2D eigenvalue weighted by molar-refractivity contribution is 6.31. The summed E-state index contributed by atoms with van der Waals surface area (Å²) in [6.45, 7) is 4.42. The smallest absolute Gasteiger partial charge is 0.224 e. The highest BCUT2D eigenvalue weighted by atomic mass is 35.5. The van der Waals surface area contributed by atoms with Crippen molar-refractivity contribution in [2.75, 3.05) is 19.0 Å². The molecule has 0 heterocycles. The standard InChI is InChI=1S/C19H22ClNO3/c1-4-24-17-9-8-15(12-18(17)23-3)21-19(22)10-7-14-6-5-13(2)16(20)11-14/h5-6,8-9,11-12H,4,7,10H2,1-3H3,(H,21,22). The molecule has 0 spiro atoms. The van der Waals surface area contributed by atoms with Crippen LogP contribution >= 0.6 is 11.6 Å². The molecule has 1 amide bonds. The number of halogens is 1. The number of aryl methyl sites for hydroxylation is 2. The summed E-state index contributed by atoms with van der Waals surface area (Å²) in [6.07, 6.45) is 1.02. The van der Waals surface area contributed by atoms with Crippen LogP contribution in [0.15, 0.2) is 36.4 Å². The lowest BCUT2D eigenvalue weighted by Crippen LogP contribution is -2.12. The predicted molar refractivity (Wildman–Crippen MR) is 97.3 cm³/mol. The molecule has 4 nitrogen and oxygen atoms in total. The number of amides is 1.